The number of hydrogen-bond acceptors (Lipinski definition) is 2. The van der Waals surface area contributed by atoms with Gasteiger partial charge in [0, 0.05) is 23.8 Å². The average Bonchev–Trinajstić information content (AvgIpc) is 2.30. The van der Waals surface area contributed by atoms with E-state index in [4.69, 9.17) is 5.11 Å². The van der Waals surface area contributed by atoms with E-state index in [-0.39, 0.29) is 19.0 Å². The standard InChI is InChI=1S/C12H15BrN2O3/c1-8-7-9(3-4-10(8)13)14-12(18)15(2)6-5-11(16)17/h3-4,7H,5-6H2,1-2H3,(H,14,18)(H,16,17). The molecule has 98 valence electrons. The SMILES string of the molecule is Cc1cc(NC(=O)N(C)CCC(=O)O)ccc1Br. The summed E-state index contributed by atoms with van der Waals surface area (Å²) < 4.78 is 0.972. The number of halogens is 1. The van der Waals surface area contributed by atoms with Gasteiger partial charge in [0.1, 0.15) is 0 Å². The number of nitrogens with zero attached hydrogens (tertiary/aromatic N) is 1. The van der Waals surface area contributed by atoms with Gasteiger partial charge >= 0.3 is 12.0 Å². The van der Waals surface area contributed by atoms with E-state index in [0.29, 0.717) is 5.69 Å². The molecule has 0 aliphatic heterocycles. The summed E-state index contributed by atoms with van der Waals surface area (Å²) in [4.78, 5) is 23.5. The van der Waals surface area contributed by atoms with Gasteiger partial charge in [0.05, 0.1) is 6.42 Å². The molecule has 5 nitrogen and oxygen atoms in total. The summed E-state index contributed by atoms with van der Waals surface area (Å²) in [7, 11) is 1.56. The second-order valence-electron chi connectivity index (χ2n) is 3.96. The third-order valence-electron chi connectivity index (χ3n) is 2.42. The average molecular weight is 315 g/mol. The third kappa shape index (κ3) is 4.37. The Balaban J connectivity index is 2.58. The van der Waals surface area contributed by atoms with Crippen LogP contribution in [0.2, 0.25) is 0 Å². The maximum absolute atomic E-state index is 11.7. The highest BCUT2D eigenvalue weighted by Crippen LogP contribution is 2.20. The van der Waals surface area contributed by atoms with Gasteiger partial charge < -0.3 is 15.3 Å². The van der Waals surface area contributed by atoms with Crippen LogP contribution in [0.25, 0.3) is 0 Å². The molecule has 0 radical (unpaired) electrons. The summed E-state index contributed by atoms with van der Waals surface area (Å²) in [5.74, 6) is -0.922. The fourth-order valence-corrected chi connectivity index (χ4v) is 1.55. The molecule has 1 aromatic rings. The lowest BCUT2D eigenvalue weighted by Gasteiger charge is -2.17. The lowest BCUT2D eigenvalue weighted by Crippen LogP contribution is -2.33. The van der Waals surface area contributed by atoms with Gasteiger partial charge in [0.2, 0.25) is 0 Å². The number of aryl methyl sites for hydroxylation is 1. The summed E-state index contributed by atoms with van der Waals surface area (Å²) >= 11 is 3.38. The first-order valence-electron chi connectivity index (χ1n) is 5.40. The predicted molar refractivity (Wildman–Crippen MR) is 72.8 cm³/mol. The van der Waals surface area contributed by atoms with Crippen LogP contribution in [0.4, 0.5) is 10.5 Å². The second kappa shape index (κ2) is 6.39. The molecule has 18 heavy (non-hydrogen) atoms. The van der Waals surface area contributed by atoms with Crippen LogP contribution < -0.4 is 5.32 Å². The molecule has 0 spiro atoms. The van der Waals surface area contributed by atoms with Gasteiger partial charge in [-0.2, -0.15) is 0 Å². The zero-order chi connectivity index (χ0) is 13.7. The molecule has 0 aromatic heterocycles. The number of anilines is 1. The topological polar surface area (TPSA) is 69.6 Å². The van der Waals surface area contributed by atoms with E-state index in [1.165, 1.54) is 4.90 Å². The summed E-state index contributed by atoms with van der Waals surface area (Å²) in [5, 5.41) is 11.2. The van der Waals surface area contributed by atoms with Gasteiger partial charge in [-0.15, -0.1) is 0 Å². The molecule has 0 aliphatic carbocycles. The Morgan fingerprint density at radius 1 is 1.44 bits per heavy atom. The Morgan fingerprint density at radius 2 is 2.11 bits per heavy atom. The minimum absolute atomic E-state index is 0.0662. The first-order valence-corrected chi connectivity index (χ1v) is 6.19. The van der Waals surface area contributed by atoms with Gasteiger partial charge in [-0.25, -0.2) is 4.79 Å². The van der Waals surface area contributed by atoms with E-state index in [9.17, 15) is 9.59 Å². The number of carbonyl (C=O) groups is 2. The Hall–Kier alpha value is -1.56. The highest BCUT2D eigenvalue weighted by molar-refractivity contribution is 9.10. The molecule has 0 saturated carbocycles. The van der Waals surface area contributed by atoms with E-state index in [0.717, 1.165) is 10.0 Å². The van der Waals surface area contributed by atoms with Crippen molar-refractivity contribution < 1.29 is 14.7 Å². The molecular formula is C12H15BrN2O3. The minimum Gasteiger partial charge on any atom is -0.481 e. The molecule has 0 heterocycles. The van der Waals surface area contributed by atoms with Crippen LogP contribution in [0.1, 0.15) is 12.0 Å². The molecule has 0 fully saturated rings. The van der Waals surface area contributed by atoms with Crippen LogP contribution in [0.5, 0.6) is 0 Å². The van der Waals surface area contributed by atoms with E-state index < -0.39 is 5.97 Å². The van der Waals surface area contributed by atoms with Crippen molar-refractivity contribution in [2.24, 2.45) is 0 Å². The summed E-state index contributed by atoms with van der Waals surface area (Å²) in [6.07, 6.45) is -0.0662. The molecule has 1 aromatic carbocycles. The van der Waals surface area contributed by atoms with E-state index in [1.54, 1.807) is 13.1 Å². The number of amides is 2. The number of carbonyl (C=O) groups excluding carboxylic acids is 1. The number of hydrogen-bond donors (Lipinski definition) is 2. The van der Waals surface area contributed by atoms with Crippen LogP contribution in [0, 0.1) is 6.92 Å². The van der Waals surface area contributed by atoms with Gasteiger partial charge in [-0.1, -0.05) is 15.9 Å². The zero-order valence-electron chi connectivity index (χ0n) is 10.2. The Bertz CT molecular complexity index is 463. The van der Waals surface area contributed by atoms with E-state index >= 15 is 0 Å². The first-order chi connectivity index (χ1) is 8.40. The van der Waals surface area contributed by atoms with E-state index in [1.807, 2.05) is 19.1 Å². The lowest BCUT2D eigenvalue weighted by molar-refractivity contribution is -0.137. The van der Waals surface area contributed by atoms with Gasteiger partial charge in [-0.3, -0.25) is 4.79 Å². The quantitative estimate of drug-likeness (QED) is 0.897. The molecule has 6 heteroatoms. The van der Waals surface area contributed by atoms with Crippen molar-refractivity contribution in [3.05, 3.63) is 28.2 Å². The predicted octanol–water partition coefficient (Wildman–Crippen LogP) is 2.70. The number of carboxylic acids is 1. The van der Waals surface area contributed by atoms with Gasteiger partial charge in [0.15, 0.2) is 0 Å². The Morgan fingerprint density at radius 3 is 2.67 bits per heavy atom. The van der Waals surface area contributed by atoms with Crippen LogP contribution in [-0.4, -0.2) is 35.6 Å². The van der Waals surface area contributed by atoms with Crippen molar-refractivity contribution in [1.29, 1.82) is 0 Å². The van der Waals surface area contributed by atoms with Crippen LogP contribution in [-0.2, 0) is 4.79 Å². The molecule has 0 unspecified atom stereocenters. The zero-order valence-corrected chi connectivity index (χ0v) is 11.8. The summed E-state index contributed by atoms with van der Waals surface area (Å²) in [6.45, 7) is 2.10. The minimum atomic E-state index is -0.922. The highest BCUT2D eigenvalue weighted by atomic mass is 79.9. The van der Waals surface area contributed by atoms with Crippen LogP contribution >= 0.6 is 15.9 Å². The molecule has 2 N–H and O–H groups in total. The molecule has 0 saturated heterocycles. The monoisotopic (exact) mass is 314 g/mol. The molecular weight excluding hydrogens is 300 g/mol. The van der Waals surface area contributed by atoms with Crippen molar-refractivity contribution in [2.45, 2.75) is 13.3 Å². The maximum Gasteiger partial charge on any atom is 0.321 e. The molecule has 0 aliphatic rings. The molecule has 1 rings (SSSR count). The van der Waals surface area contributed by atoms with Crippen LogP contribution in [0.3, 0.4) is 0 Å². The maximum atomic E-state index is 11.7. The van der Waals surface area contributed by atoms with Crippen molar-refractivity contribution in [3.8, 4) is 0 Å². The Kier molecular flexibility index (Phi) is 5.15. The van der Waals surface area contributed by atoms with Gasteiger partial charge in [-0.05, 0) is 30.7 Å². The van der Waals surface area contributed by atoms with Crippen molar-refractivity contribution in [2.75, 3.05) is 18.9 Å². The molecule has 0 atom stereocenters. The number of rotatable bonds is 4. The normalized spacial score (nSPS) is 9.94. The second-order valence-corrected chi connectivity index (χ2v) is 4.81. The number of nitrogens with one attached hydrogen (secondary N) is 1. The Labute approximate surface area is 114 Å². The third-order valence-corrected chi connectivity index (χ3v) is 3.31. The summed E-state index contributed by atoms with van der Waals surface area (Å²) in [5.41, 5.74) is 1.70. The number of aliphatic carboxylic acids is 1. The largest absolute Gasteiger partial charge is 0.481 e. The fourth-order valence-electron chi connectivity index (χ4n) is 1.31. The molecule has 2 amide bonds. The highest BCUT2D eigenvalue weighted by Gasteiger charge is 2.10. The first kappa shape index (κ1) is 14.5. The number of carboxylic acid groups (broad SMARTS) is 1. The van der Waals surface area contributed by atoms with Gasteiger partial charge in [0.25, 0.3) is 0 Å². The molecule has 0 bridgehead atoms. The van der Waals surface area contributed by atoms with Crippen LogP contribution in [0.15, 0.2) is 22.7 Å². The van der Waals surface area contributed by atoms with Crippen molar-refractivity contribution in [3.63, 3.8) is 0 Å². The number of benzene rings is 1. The van der Waals surface area contributed by atoms with Crippen molar-refractivity contribution >= 4 is 33.6 Å². The van der Waals surface area contributed by atoms with Crippen molar-refractivity contribution in [1.82, 2.24) is 4.90 Å². The fraction of sp³-hybridized carbons (Fsp3) is 0.333. The van der Waals surface area contributed by atoms with E-state index in [2.05, 4.69) is 21.2 Å². The number of urea groups is 1. The lowest BCUT2D eigenvalue weighted by atomic mass is 10.2. The smallest absolute Gasteiger partial charge is 0.321 e. The summed E-state index contributed by atoms with van der Waals surface area (Å²) in [6, 6.07) is 5.15.